The number of rotatable bonds is 4. The average molecular weight is 348 g/mol. The molecular weight excluding hydrogens is 324 g/mol. The summed E-state index contributed by atoms with van der Waals surface area (Å²) in [6.45, 7) is 2.70. The van der Waals surface area contributed by atoms with Gasteiger partial charge >= 0.3 is 0 Å². The zero-order valence-electron chi connectivity index (χ0n) is 15.0. The highest BCUT2D eigenvalue weighted by atomic mass is 15.2. The van der Waals surface area contributed by atoms with Crippen LogP contribution in [0.15, 0.2) is 65.9 Å². The Morgan fingerprint density at radius 1 is 1.19 bits per heavy atom. The number of aromatic nitrogens is 2. The van der Waals surface area contributed by atoms with Gasteiger partial charge in [-0.25, -0.2) is 4.98 Å². The molecule has 1 aliphatic rings. The largest absolute Gasteiger partial charge is 0.369 e. The predicted molar refractivity (Wildman–Crippen MR) is 106 cm³/mol. The number of hydrogen-bond acceptors (Lipinski definition) is 3. The first-order valence-electron chi connectivity index (χ1n) is 9.01. The van der Waals surface area contributed by atoms with Crippen LogP contribution in [-0.2, 0) is 6.54 Å². The van der Waals surface area contributed by atoms with Crippen molar-refractivity contribution in [1.29, 1.82) is 0 Å². The van der Waals surface area contributed by atoms with Gasteiger partial charge in [-0.05, 0) is 30.7 Å². The second-order valence-corrected chi connectivity index (χ2v) is 6.54. The van der Waals surface area contributed by atoms with Crippen molar-refractivity contribution < 1.29 is 0 Å². The van der Waals surface area contributed by atoms with Crippen LogP contribution in [0.3, 0.4) is 0 Å². The fraction of sp³-hybridized carbons (Fsp3) is 0.300. The maximum absolute atomic E-state index is 4.61. The predicted octanol–water partition coefficient (Wildman–Crippen LogP) is 2.28. The number of benzene rings is 1. The molecule has 6 nitrogen and oxygen atoms in total. The van der Waals surface area contributed by atoms with Gasteiger partial charge < -0.3 is 19.9 Å². The summed E-state index contributed by atoms with van der Waals surface area (Å²) >= 11 is 0. The molecule has 1 saturated heterocycles. The summed E-state index contributed by atoms with van der Waals surface area (Å²) < 4.78 is 2.03. The molecule has 0 bridgehead atoms. The molecule has 3 aromatic rings. The lowest BCUT2D eigenvalue weighted by Crippen LogP contribution is -2.44. The van der Waals surface area contributed by atoms with Crippen molar-refractivity contribution in [2.75, 3.05) is 25.0 Å². The van der Waals surface area contributed by atoms with E-state index in [0.29, 0.717) is 12.6 Å². The normalized spacial score (nSPS) is 17.7. The maximum atomic E-state index is 4.61. The third-order valence-corrected chi connectivity index (χ3v) is 4.72. The summed E-state index contributed by atoms with van der Waals surface area (Å²) in [4.78, 5) is 11.4. The van der Waals surface area contributed by atoms with Gasteiger partial charge in [-0.15, -0.1) is 0 Å². The number of aliphatic imine (C=N–C) groups is 1. The van der Waals surface area contributed by atoms with E-state index >= 15 is 0 Å². The molecule has 0 aliphatic carbocycles. The van der Waals surface area contributed by atoms with Gasteiger partial charge in [0.05, 0.1) is 12.2 Å². The minimum absolute atomic E-state index is 0.391. The fourth-order valence-corrected chi connectivity index (χ4v) is 3.39. The number of imidazole rings is 1. The van der Waals surface area contributed by atoms with Crippen molar-refractivity contribution in [2.24, 2.45) is 4.99 Å². The van der Waals surface area contributed by atoms with E-state index in [2.05, 4.69) is 55.8 Å². The van der Waals surface area contributed by atoms with E-state index in [4.69, 9.17) is 0 Å². The van der Waals surface area contributed by atoms with Crippen LogP contribution in [-0.4, -0.2) is 41.5 Å². The van der Waals surface area contributed by atoms with Gasteiger partial charge in [0.15, 0.2) is 5.96 Å². The molecular formula is C20H24N6. The van der Waals surface area contributed by atoms with Crippen molar-refractivity contribution >= 4 is 17.3 Å². The van der Waals surface area contributed by atoms with Gasteiger partial charge in [-0.2, -0.15) is 0 Å². The second kappa shape index (κ2) is 7.47. The highest BCUT2D eigenvalue weighted by molar-refractivity contribution is 5.80. The molecule has 0 spiro atoms. The van der Waals surface area contributed by atoms with E-state index in [1.165, 1.54) is 5.69 Å². The van der Waals surface area contributed by atoms with Crippen molar-refractivity contribution in [3.63, 3.8) is 0 Å². The second-order valence-electron chi connectivity index (χ2n) is 6.54. The summed E-state index contributed by atoms with van der Waals surface area (Å²) in [5.41, 5.74) is 3.24. The van der Waals surface area contributed by atoms with E-state index in [1.807, 2.05) is 42.0 Å². The Morgan fingerprint density at radius 3 is 2.85 bits per heavy atom. The first kappa shape index (κ1) is 16.4. The van der Waals surface area contributed by atoms with Gasteiger partial charge in [0.25, 0.3) is 0 Å². The Bertz CT molecular complexity index is 852. The third-order valence-electron chi connectivity index (χ3n) is 4.72. The van der Waals surface area contributed by atoms with Crippen LogP contribution in [0.5, 0.6) is 0 Å². The Labute approximate surface area is 153 Å². The summed E-state index contributed by atoms with van der Waals surface area (Å²) in [5.74, 6) is 0.821. The molecule has 1 fully saturated rings. The Hall–Kier alpha value is -3.02. The molecule has 4 rings (SSSR count). The minimum Gasteiger partial charge on any atom is -0.369 e. The van der Waals surface area contributed by atoms with Crippen LogP contribution >= 0.6 is 0 Å². The molecule has 2 N–H and O–H groups in total. The monoisotopic (exact) mass is 348 g/mol. The van der Waals surface area contributed by atoms with Crippen LogP contribution in [0, 0.1) is 0 Å². The van der Waals surface area contributed by atoms with E-state index in [0.717, 1.165) is 36.8 Å². The van der Waals surface area contributed by atoms with Crippen LogP contribution in [0.1, 0.15) is 12.1 Å². The lowest BCUT2D eigenvalue weighted by molar-refractivity contribution is 0.647. The van der Waals surface area contributed by atoms with E-state index in [-0.39, 0.29) is 0 Å². The van der Waals surface area contributed by atoms with Crippen LogP contribution in [0.4, 0.5) is 5.69 Å². The van der Waals surface area contributed by atoms with E-state index < -0.39 is 0 Å². The van der Waals surface area contributed by atoms with Gasteiger partial charge in [0, 0.05) is 44.3 Å². The first-order chi connectivity index (χ1) is 12.8. The molecule has 0 radical (unpaired) electrons. The standard InChI is InChI=1S/C20H24N6/c1-21-20(22-13-17-15-26-11-6-5-9-19(26)23-17)24-16-10-12-25(14-16)18-7-3-2-4-8-18/h2-9,11,15-16H,10,12-14H2,1H3,(H2,21,22,24). The maximum Gasteiger partial charge on any atom is 0.191 e. The van der Waals surface area contributed by atoms with E-state index in [9.17, 15) is 0 Å². The Balaban J connectivity index is 1.32. The number of hydrogen-bond donors (Lipinski definition) is 2. The van der Waals surface area contributed by atoms with E-state index in [1.54, 1.807) is 0 Å². The topological polar surface area (TPSA) is 57.0 Å². The number of anilines is 1. The molecule has 0 saturated carbocycles. The molecule has 134 valence electrons. The smallest absolute Gasteiger partial charge is 0.191 e. The Kier molecular flexibility index (Phi) is 4.73. The highest BCUT2D eigenvalue weighted by Crippen LogP contribution is 2.19. The number of nitrogens with zero attached hydrogens (tertiary/aromatic N) is 4. The van der Waals surface area contributed by atoms with Crippen LogP contribution in [0.2, 0.25) is 0 Å². The third kappa shape index (κ3) is 3.64. The molecule has 1 unspecified atom stereocenters. The van der Waals surface area contributed by atoms with Crippen molar-refractivity contribution in [3.05, 3.63) is 66.6 Å². The lowest BCUT2D eigenvalue weighted by Gasteiger charge is -2.20. The van der Waals surface area contributed by atoms with Crippen LogP contribution in [0.25, 0.3) is 5.65 Å². The summed E-state index contributed by atoms with van der Waals surface area (Å²) in [6, 6.07) is 17.0. The summed E-state index contributed by atoms with van der Waals surface area (Å²) in [6.07, 6.45) is 5.15. The summed E-state index contributed by atoms with van der Waals surface area (Å²) in [5, 5.41) is 6.90. The number of para-hydroxylation sites is 1. The first-order valence-corrected chi connectivity index (χ1v) is 9.01. The zero-order valence-corrected chi connectivity index (χ0v) is 15.0. The molecule has 6 heteroatoms. The van der Waals surface area contributed by atoms with Crippen molar-refractivity contribution in [2.45, 2.75) is 19.0 Å². The molecule has 1 aliphatic heterocycles. The molecule has 3 heterocycles. The number of fused-ring (bicyclic) bond motifs is 1. The van der Waals surface area contributed by atoms with Crippen LogP contribution < -0.4 is 15.5 Å². The molecule has 0 amide bonds. The van der Waals surface area contributed by atoms with Gasteiger partial charge in [0.1, 0.15) is 5.65 Å². The molecule has 1 atom stereocenters. The molecule has 26 heavy (non-hydrogen) atoms. The average Bonchev–Trinajstić information content (AvgIpc) is 3.32. The molecule has 2 aromatic heterocycles. The quantitative estimate of drug-likeness (QED) is 0.561. The molecule has 1 aromatic carbocycles. The van der Waals surface area contributed by atoms with Gasteiger partial charge in [0.2, 0.25) is 0 Å². The SMILES string of the molecule is CN=C(NCc1cn2ccccc2n1)NC1CCN(c2ccccc2)C1. The number of nitrogens with one attached hydrogen (secondary N) is 2. The van der Waals surface area contributed by atoms with Crippen molar-refractivity contribution in [3.8, 4) is 0 Å². The zero-order chi connectivity index (χ0) is 17.8. The van der Waals surface area contributed by atoms with Crippen molar-refractivity contribution in [1.82, 2.24) is 20.0 Å². The number of guanidine groups is 1. The lowest BCUT2D eigenvalue weighted by atomic mass is 10.3. The highest BCUT2D eigenvalue weighted by Gasteiger charge is 2.23. The minimum atomic E-state index is 0.391. The summed E-state index contributed by atoms with van der Waals surface area (Å²) in [7, 11) is 1.81. The fourth-order valence-electron chi connectivity index (χ4n) is 3.39. The Morgan fingerprint density at radius 2 is 2.04 bits per heavy atom. The van der Waals surface area contributed by atoms with Gasteiger partial charge in [-0.1, -0.05) is 24.3 Å². The van der Waals surface area contributed by atoms with Gasteiger partial charge in [-0.3, -0.25) is 4.99 Å². The number of pyridine rings is 1.